The molecule has 2 rings (SSSR count). The molecule has 0 saturated carbocycles. The van der Waals surface area contributed by atoms with Crippen molar-refractivity contribution in [3.63, 3.8) is 0 Å². The van der Waals surface area contributed by atoms with Crippen molar-refractivity contribution in [2.75, 3.05) is 12.5 Å². The van der Waals surface area contributed by atoms with Gasteiger partial charge in [0.15, 0.2) is 0 Å². The Morgan fingerprint density at radius 2 is 2.21 bits per heavy atom. The van der Waals surface area contributed by atoms with Crippen molar-refractivity contribution in [2.24, 2.45) is 0 Å². The zero-order valence-corrected chi connectivity index (χ0v) is 12.2. The summed E-state index contributed by atoms with van der Waals surface area (Å²) in [5.74, 6) is 0.676. The Balaban J connectivity index is 2.19. The Morgan fingerprint density at radius 3 is 2.79 bits per heavy atom. The largest absolute Gasteiger partial charge is 0.508 e. The van der Waals surface area contributed by atoms with Crippen LogP contribution in [0.2, 0.25) is 0 Å². The van der Waals surface area contributed by atoms with Crippen LogP contribution in [-0.2, 0) is 9.47 Å². The van der Waals surface area contributed by atoms with Crippen LogP contribution in [0.5, 0.6) is 5.75 Å². The Bertz CT molecular complexity index is 420. The lowest BCUT2D eigenvalue weighted by molar-refractivity contribution is -0.0950. The molecule has 0 bridgehead atoms. The topological polar surface area (TPSA) is 38.7 Å². The van der Waals surface area contributed by atoms with Gasteiger partial charge in [0.25, 0.3) is 0 Å². The maximum atomic E-state index is 10.0. The van der Waals surface area contributed by atoms with Crippen LogP contribution in [0.3, 0.4) is 0 Å². The second-order valence-corrected chi connectivity index (χ2v) is 5.87. The summed E-state index contributed by atoms with van der Waals surface area (Å²) in [5, 5.41) is 10.0. The first-order valence-electron chi connectivity index (χ1n) is 6.67. The van der Waals surface area contributed by atoms with Gasteiger partial charge >= 0.3 is 0 Å². The lowest BCUT2D eigenvalue weighted by Gasteiger charge is -2.27. The Hall–Kier alpha value is -0.770. The molecule has 2 atom stereocenters. The van der Waals surface area contributed by atoms with Crippen LogP contribution in [-0.4, -0.2) is 29.3 Å². The maximum Gasteiger partial charge on any atom is 0.121 e. The van der Waals surface area contributed by atoms with Gasteiger partial charge < -0.3 is 14.6 Å². The Labute approximate surface area is 119 Å². The molecule has 106 valence electrons. The number of hydrogen-bond donors (Lipinski definition) is 1. The second-order valence-electron chi connectivity index (χ2n) is 5.49. The lowest BCUT2D eigenvalue weighted by Crippen LogP contribution is -2.26. The van der Waals surface area contributed by atoms with Gasteiger partial charge in [-0.25, -0.2) is 0 Å². The Kier molecular flexibility index (Phi) is 4.71. The number of halogens is 1. The number of para-hydroxylation sites is 1. The highest BCUT2D eigenvalue weighted by Crippen LogP contribution is 2.40. The van der Waals surface area contributed by atoms with Gasteiger partial charge in [-0.3, -0.25) is 0 Å². The molecule has 0 radical (unpaired) electrons. The quantitative estimate of drug-likeness (QED) is 0.839. The van der Waals surface area contributed by atoms with Gasteiger partial charge in [0, 0.05) is 11.4 Å². The van der Waals surface area contributed by atoms with Gasteiger partial charge in [-0.2, -0.15) is 0 Å². The van der Waals surface area contributed by atoms with E-state index in [1.165, 1.54) is 0 Å². The van der Waals surface area contributed by atoms with Crippen molar-refractivity contribution in [1.82, 2.24) is 0 Å². The van der Waals surface area contributed by atoms with Crippen LogP contribution in [0.4, 0.5) is 0 Å². The van der Waals surface area contributed by atoms with Crippen LogP contribution >= 0.6 is 11.6 Å². The van der Waals surface area contributed by atoms with Crippen molar-refractivity contribution in [3.05, 3.63) is 29.8 Å². The zero-order chi connectivity index (χ0) is 13.9. The third-order valence-corrected chi connectivity index (χ3v) is 3.61. The van der Waals surface area contributed by atoms with Gasteiger partial charge in [0.05, 0.1) is 18.3 Å². The first-order chi connectivity index (χ1) is 9.03. The molecule has 1 aromatic carbocycles. The summed E-state index contributed by atoms with van der Waals surface area (Å²) in [6, 6.07) is 7.25. The molecule has 1 aliphatic rings. The number of ether oxygens (including phenoxy) is 2. The first-order valence-corrected chi connectivity index (χ1v) is 7.20. The molecule has 0 unspecified atom stereocenters. The molecule has 1 heterocycles. The molecule has 0 aliphatic carbocycles. The van der Waals surface area contributed by atoms with Crippen molar-refractivity contribution < 1.29 is 14.6 Å². The van der Waals surface area contributed by atoms with E-state index in [0.29, 0.717) is 12.5 Å². The van der Waals surface area contributed by atoms with Crippen molar-refractivity contribution in [3.8, 4) is 5.75 Å². The normalized spacial score (nSPS) is 23.4. The number of aromatic hydroxyl groups is 1. The molecular weight excluding hydrogens is 264 g/mol. The first kappa shape index (κ1) is 14.6. The molecule has 4 heteroatoms. The number of alkyl halides is 1. The van der Waals surface area contributed by atoms with Gasteiger partial charge in [0.2, 0.25) is 0 Å². The number of phenolic OH excluding ortho intramolecular Hbond substituents is 1. The minimum Gasteiger partial charge on any atom is -0.508 e. The minimum absolute atomic E-state index is 0.0356. The van der Waals surface area contributed by atoms with E-state index in [4.69, 9.17) is 21.1 Å². The zero-order valence-electron chi connectivity index (χ0n) is 11.4. The molecule has 1 fully saturated rings. The van der Waals surface area contributed by atoms with Crippen molar-refractivity contribution in [2.45, 2.75) is 44.5 Å². The standard InChI is InChI=1S/C15H21ClO3/c1-15(2)8-7-13(19-15)14(18-10-9-16)11-5-3-4-6-12(11)17/h3-6,13-14,17H,7-10H2,1-2H3/t13-,14-/m1/s1. The summed E-state index contributed by atoms with van der Waals surface area (Å²) in [5.41, 5.74) is 0.646. The third-order valence-electron chi connectivity index (χ3n) is 3.46. The van der Waals surface area contributed by atoms with E-state index >= 15 is 0 Å². The number of phenols is 1. The average Bonchev–Trinajstić information content (AvgIpc) is 2.72. The third kappa shape index (κ3) is 3.62. The van der Waals surface area contributed by atoms with Crippen molar-refractivity contribution in [1.29, 1.82) is 0 Å². The van der Waals surface area contributed by atoms with Gasteiger partial charge in [-0.1, -0.05) is 18.2 Å². The number of hydrogen-bond acceptors (Lipinski definition) is 3. The summed E-state index contributed by atoms with van der Waals surface area (Å²) in [7, 11) is 0. The fourth-order valence-electron chi connectivity index (χ4n) is 2.53. The molecular formula is C15H21ClO3. The fraction of sp³-hybridized carbons (Fsp3) is 0.600. The average molecular weight is 285 g/mol. The van der Waals surface area contributed by atoms with Crippen LogP contribution in [0.1, 0.15) is 38.4 Å². The molecule has 0 amide bonds. The van der Waals surface area contributed by atoms with Gasteiger partial charge in [-0.05, 0) is 32.8 Å². The molecule has 1 aliphatic heterocycles. The minimum atomic E-state index is -0.262. The number of rotatable bonds is 5. The van der Waals surface area contributed by atoms with Crippen molar-refractivity contribution >= 4 is 11.6 Å². The van der Waals surface area contributed by atoms with E-state index in [9.17, 15) is 5.11 Å². The highest BCUT2D eigenvalue weighted by atomic mass is 35.5. The van der Waals surface area contributed by atoms with E-state index < -0.39 is 0 Å². The van der Waals surface area contributed by atoms with Gasteiger partial charge in [0.1, 0.15) is 11.9 Å². The smallest absolute Gasteiger partial charge is 0.121 e. The molecule has 1 N–H and O–H groups in total. The fourth-order valence-corrected chi connectivity index (χ4v) is 2.62. The van der Waals surface area contributed by atoms with Crippen LogP contribution in [0.25, 0.3) is 0 Å². The maximum absolute atomic E-state index is 10.0. The second kappa shape index (κ2) is 6.12. The van der Waals surface area contributed by atoms with Crippen LogP contribution in [0.15, 0.2) is 24.3 Å². The molecule has 3 nitrogen and oxygen atoms in total. The van der Waals surface area contributed by atoms with E-state index in [1.807, 2.05) is 12.1 Å². The molecule has 19 heavy (non-hydrogen) atoms. The van der Waals surface area contributed by atoms with Crippen LogP contribution in [0, 0.1) is 0 Å². The lowest BCUT2D eigenvalue weighted by atomic mass is 9.99. The highest BCUT2D eigenvalue weighted by Gasteiger charge is 2.38. The molecule has 0 aromatic heterocycles. The summed E-state index contributed by atoms with van der Waals surface area (Å²) in [6.45, 7) is 4.60. The Morgan fingerprint density at radius 1 is 1.47 bits per heavy atom. The predicted octanol–water partition coefficient (Wildman–Crippen LogP) is 3.65. The van der Waals surface area contributed by atoms with Crippen LogP contribution < -0.4 is 0 Å². The molecule has 1 saturated heterocycles. The van der Waals surface area contributed by atoms with E-state index in [0.717, 1.165) is 18.4 Å². The van der Waals surface area contributed by atoms with E-state index in [-0.39, 0.29) is 23.6 Å². The SMILES string of the molecule is CC1(C)CC[C@H]([C@H](OCCCl)c2ccccc2O)O1. The summed E-state index contributed by atoms with van der Waals surface area (Å²) in [6.07, 6.45) is 1.62. The highest BCUT2D eigenvalue weighted by molar-refractivity contribution is 6.17. The molecule has 1 aromatic rings. The van der Waals surface area contributed by atoms with Gasteiger partial charge in [-0.15, -0.1) is 11.6 Å². The van der Waals surface area contributed by atoms with E-state index in [2.05, 4.69) is 13.8 Å². The summed E-state index contributed by atoms with van der Waals surface area (Å²) >= 11 is 5.71. The predicted molar refractivity (Wildman–Crippen MR) is 75.7 cm³/mol. The monoisotopic (exact) mass is 284 g/mol. The molecule has 0 spiro atoms. The van der Waals surface area contributed by atoms with E-state index in [1.54, 1.807) is 12.1 Å². The summed E-state index contributed by atoms with van der Waals surface area (Å²) in [4.78, 5) is 0. The summed E-state index contributed by atoms with van der Waals surface area (Å²) < 4.78 is 11.9. The number of benzene rings is 1.